The highest BCUT2D eigenvalue weighted by Gasteiger charge is 2.47. The van der Waals surface area contributed by atoms with Crippen LogP contribution in [0.3, 0.4) is 0 Å². The molecule has 1 fully saturated rings. The highest BCUT2D eigenvalue weighted by atomic mass is 16.7. The first kappa shape index (κ1) is 68.1. The third-order valence-corrected chi connectivity index (χ3v) is 13.6. The summed E-state index contributed by atoms with van der Waals surface area (Å²) in [6.07, 6.45) is 52.2. The number of rotatable bonds is 49. The van der Waals surface area contributed by atoms with Crippen LogP contribution in [0.5, 0.6) is 0 Å². The molecule has 6 N–H and O–H groups in total. The Hall–Kier alpha value is -2.90. The summed E-state index contributed by atoms with van der Waals surface area (Å²) in [7, 11) is 0. The van der Waals surface area contributed by atoms with E-state index in [9.17, 15) is 35.1 Å². The molecule has 0 aliphatic carbocycles. The number of hydrogen-bond donors (Lipinski definition) is 6. The molecule has 1 saturated heterocycles. The third-order valence-electron chi connectivity index (χ3n) is 13.6. The van der Waals surface area contributed by atoms with E-state index < -0.39 is 67.4 Å². The summed E-state index contributed by atoms with van der Waals surface area (Å²) in [5.74, 6) is -1.22. The van der Waals surface area contributed by atoms with E-state index >= 15 is 0 Å². The van der Waals surface area contributed by atoms with Crippen LogP contribution in [0.25, 0.3) is 0 Å². The summed E-state index contributed by atoms with van der Waals surface area (Å²) in [4.78, 5) is 26.5. The highest BCUT2D eigenvalue weighted by Crippen LogP contribution is 2.26. The fourth-order valence-electron chi connectivity index (χ4n) is 8.87. The summed E-state index contributed by atoms with van der Waals surface area (Å²) in [5, 5.41) is 56.9. The van der Waals surface area contributed by atoms with Crippen molar-refractivity contribution in [1.82, 2.24) is 5.32 Å². The van der Waals surface area contributed by atoms with Crippen LogP contribution in [0, 0.1) is 0 Å². The highest BCUT2D eigenvalue weighted by molar-refractivity contribution is 5.80. The second-order valence-corrected chi connectivity index (χ2v) is 20.3. The standard InChI is InChI=1S/C62H109NO10/c1-4-7-10-13-16-19-22-25-27-28-29-30-31-34-37-40-43-46-49-55(66)61(70)63-53(54(65)48-45-42-39-36-33-24-21-18-15-12-9-6-3)52-71-62-60(59(69)58(68)56(51-64)72-62)73-57(67)50-47-44-41-38-35-32-26-23-20-17-14-11-8-5-2/h8,11,16-17,19-20,25-27,32,45,48,53-56,58-60,62,64-66,68-69H,4-7,9-10,12-15,18,21-24,28-31,33-44,46-47,49-52H2,1-3H3,(H,63,70)/b11-8+,19-16-,20-17+,27-25-,32-26+,48-45+. The maximum atomic E-state index is 13.4. The topological polar surface area (TPSA) is 175 Å². The van der Waals surface area contributed by atoms with E-state index in [4.69, 9.17) is 14.2 Å². The molecular formula is C62H109NO10. The zero-order valence-electron chi connectivity index (χ0n) is 46.5. The van der Waals surface area contributed by atoms with Crippen molar-refractivity contribution in [2.24, 2.45) is 0 Å². The number of nitrogens with one attached hydrogen (secondary N) is 1. The largest absolute Gasteiger partial charge is 0.454 e. The van der Waals surface area contributed by atoms with E-state index in [1.165, 1.54) is 103 Å². The van der Waals surface area contributed by atoms with Gasteiger partial charge in [0.05, 0.1) is 25.4 Å². The Labute approximate surface area is 445 Å². The Morgan fingerprint density at radius 2 is 0.986 bits per heavy atom. The van der Waals surface area contributed by atoms with Crippen molar-refractivity contribution in [3.63, 3.8) is 0 Å². The van der Waals surface area contributed by atoms with Crippen molar-refractivity contribution in [1.29, 1.82) is 0 Å². The van der Waals surface area contributed by atoms with Crippen LogP contribution < -0.4 is 5.32 Å². The number of aliphatic hydroxyl groups is 5. The molecule has 1 amide bonds. The predicted octanol–water partition coefficient (Wildman–Crippen LogP) is 13.6. The Morgan fingerprint density at radius 3 is 1.51 bits per heavy atom. The van der Waals surface area contributed by atoms with Crippen LogP contribution in [0.1, 0.15) is 245 Å². The van der Waals surface area contributed by atoms with Gasteiger partial charge in [-0.2, -0.15) is 0 Å². The number of aliphatic hydroxyl groups excluding tert-OH is 5. The molecule has 73 heavy (non-hydrogen) atoms. The Bertz CT molecular complexity index is 1460. The van der Waals surface area contributed by atoms with Crippen molar-refractivity contribution >= 4 is 11.9 Å². The Morgan fingerprint density at radius 1 is 0.548 bits per heavy atom. The summed E-state index contributed by atoms with van der Waals surface area (Å²) in [6, 6.07) is -1.03. The second-order valence-electron chi connectivity index (χ2n) is 20.3. The van der Waals surface area contributed by atoms with Gasteiger partial charge in [-0.05, 0) is 89.9 Å². The molecule has 0 aromatic carbocycles. The first-order chi connectivity index (χ1) is 35.7. The number of hydrogen-bond acceptors (Lipinski definition) is 10. The number of esters is 1. The van der Waals surface area contributed by atoms with E-state index in [0.29, 0.717) is 12.8 Å². The quantitative estimate of drug-likeness (QED) is 0.0195. The SMILES string of the molecule is CC/C=C/C/C=C/C/C=C/CCCCCCC(=O)OC1C(OCC(NC(=O)C(O)CCCCCCCCCC/C=C\C/C=C\CCCCC)C(O)/C=C/CCCCCCCCCCCC)OC(CO)C(O)C1O. The average molecular weight is 1030 g/mol. The first-order valence-corrected chi connectivity index (χ1v) is 29.7. The molecule has 8 unspecified atom stereocenters. The van der Waals surface area contributed by atoms with Gasteiger partial charge in [-0.1, -0.05) is 222 Å². The van der Waals surface area contributed by atoms with E-state index in [-0.39, 0.29) is 19.4 Å². The fraction of sp³-hybridized carbons (Fsp3) is 0.774. The minimum Gasteiger partial charge on any atom is -0.454 e. The fourth-order valence-corrected chi connectivity index (χ4v) is 8.87. The van der Waals surface area contributed by atoms with E-state index in [1.807, 2.05) is 6.08 Å². The Kier molecular flexibility index (Phi) is 46.6. The molecule has 1 heterocycles. The number of allylic oxidation sites excluding steroid dienone is 11. The van der Waals surface area contributed by atoms with Crippen LogP contribution in [0.4, 0.5) is 0 Å². The molecule has 8 atom stereocenters. The molecule has 1 rings (SSSR count). The lowest BCUT2D eigenvalue weighted by Gasteiger charge is -2.41. The van der Waals surface area contributed by atoms with Crippen LogP contribution in [-0.4, -0.2) is 99.6 Å². The van der Waals surface area contributed by atoms with Gasteiger partial charge in [-0.3, -0.25) is 9.59 Å². The predicted molar refractivity (Wildman–Crippen MR) is 301 cm³/mol. The summed E-state index contributed by atoms with van der Waals surface area (Å²) < 4.78 is 17.6. The molecule has 11 nitrogen and oxygen atoms in total. The van der Waals surface area contributed by atoms with Gasteiger partial charge in [0.25, 0.3) is 0 Å². The number of carbonyl (C=O) groups excluding carboxylic acids is 2. The lowest BCUT2D eigenvalue weighted by molar-refractivity contribution is -0.305. The molecule has 422 valence electrons. The summed E-state index contributed by atoms with van der Waals surface area (Å²) in [6.45, 7) is 5.62. The third kappa shape index (κ3) is 38.3. The van der Waals surface area contributed by atoms with Crippen LogP contribution in [0.2, 0.25) is 0 Å². The van der Waals surface area contributed by atoms with Gasteiger partial charge in [-0.25, -0.2) is 0 Å². The molecule has 11 heteroatoms. The number of carbonyl (C=O) groups is 2. The number of amides is 1. The summed E-state index contributed by atoms with van der Waals surface area (Å²) in [5.41, 5.74) is 0. The normalized spacial score (nSPS) is 19.9. The molecule has 0 aromatic rings. The zero-order chi connectivity index (χ0) is 53.3. The van der Waals surface area contributed by atoms with Crippen LogP contribution in [-0.2, 0) is 23.8 Å². The summed E-state index contributed by atoms with van der Waals surface area (Å²) >= 11 is 0. The monoisotopic (exact) mass is 1030 g/mol. The van der Waals surface area contributed by atoms with Gasteiger partial charge in [0, 0.05) is 6.42 Å². The van der Waals surface area contributed by atoms with Gasteiger partial charge in [0.2, 0.25) is 5.91 Å². The van der Waals surface area contributed by atoms with Crippen LogP contribution in [0.15, 0.2) is 72.9 Å². The molecule has 0 spiro atoms. The van der Waals surface area contributed by atoms with Crippen molar-refractivity contribution < 1.29 is 49.3 Å². The lowest BCUT2D eigenvalue weighted by Crippen LogP contribution is -2.61. The van der Waals surface area contributed by atoms with Gasteiger partial charge in [-0.15, -0.1) is 0 Å². The van der Waals surface area contributed by atoms with E-state index in [1.54, 1.807) is 6.08 Å². The maximum Gasteiger partial charge on any atom is 0.306 e. The minimum atomic E-state index is -1.63. The molecule has 1 aliphatic heterocycles. The van der Waals surface area contributed by atoms with Gasteiger partial charge < -0.3 is 45.1 Å². The van der Waals surface area contributed by atoms with Crippen molar-refractivity contribution in [2.75, 3.05) is 13.2 Å². The molecular weight excluding hydrogens is 919 g/mol. The van der Waals surface area contributed by atoms with Crippen molar-refractivity contribution in [3.8, 4) is 0 Å². The minimum absolute atomic E-state index is 0.0949. The maximum absolute atomic E-state index is 13.4. The second kappa shape index (κ2) is 49.9. The molecule has 0 aromatic heterocycles. The Balaban J connectivity index is 2.72. The number of ether oxygens (including phenoxy) is 3. The van der Waals surface area contributed by atoms with Gasteiger partial charge in [0.1, 0.15) is 24.4 Å². The molecule has 0 radical (unpaired) electrons. The van der Waals surface area contributed by atoms with Gasteiger partial charge >= 0.3 is 5.97 Å². The zero-order valence-corrected chi connectivity index (χ0v) is 46.5. The molecule has 0 bridgehead atoms. The van der Waals surface area contributed by atoms with Crippen LogP contribution >= 0.6 is 0 Å². The lowest BCUT2D eigenvalue weighted by atomic mass is 9.99. The van der Waals surface area contributed by atoms with Gasteiger partial charge in [0.15, 0.2) is 12.4 Å². The van der Waals surface area contributed by atoms with Crippen molar-refractivity contribution in [3.05, 3.63) is 72.9 Å². The van der Waals surface area contributed by atoms with E-state index in [0.717, 1.165) is 96.3 Å². The first-order valence-electron chi connectivity index (χ1n) is 29.7. The number of unbranched alkanes of at least 4 members (excludes halogenated alkanes) is 25. The smallest absolute Gasteiger partial charge is 0.306 e. The van der Waals surface area contributed by atoms with Crippen molar-refractivity contribution in [2.45, 2.75) is 294 Å². The molecule has 1 aliphatic rings. The van der Waals surface area contributed by atoms with E-state index in [2.05, 4.69) is 86.8 Å². The average Bonchev–Trinajstić information content (AvgIpc) is 3.39. The molecule has 0 saturated carbocycles.